The number of carbonyl (C=O) groups excluding carboxylic acids is 3. The van der Waals surface area contributed by atoms with Crippen LogP contribution in [-0.4, -0.2) is 33.6 Å². The second-order valence-electron chi connectivity index (χ2n) is 7.26. The van der Waals surface area contributed by atoms with Crippen molar-refractivity contribution in [1.82, 2.24) is 0 Å². The molecule has 0 N–H and O–H groups in total. The molecule has 1 aromatic rings. The Bertz CT molecular complexity index is 786. The average Bonchev–Trinajstić information content (AvgIpc) is 2.60. The molecule has 0 saturated heterocycles. The van der Waals surface area contributed by atoms with E-state index in [4.69, 9.17) is 21.9 Å². The smallest absolute Gasteiger partial charge is 0.441 e. The maximum Gasteiger partial charge on any atom is 0.441 e. The number of allylic oxidation sites excluding steroid dienone is 1. The highest BCUT2D eigenvalue weighted by Crippen LogP contribution is 2.12. The molecular weight excluding hydrogens is 380 g/mol. The first-order valence-electron chi connectivity index (χ1n) is 9.05. The van der Waals surface area contributed by atoms with Crippen LogP contribution in [0.1, 0.15) is 58.4 Å². The Labute approximate surface area is 170 Å². The molecule has 28 heavy (non-hydrogen) atoms. The highest BCUT2D eigenvalue weighted by atomic mass is 35.5. The van der Waals surface area contributed by atoms with Gasteiger partial charge in [-0.15, -0.1) is 0 Å². The Morgan fingerprint density at radius 3 is 2.32 bits per heavy atom. The fourth-order valence-corrected chi connectivity index (χ4v) is 2.37. The van der Waals surface area contributed by atoms with E-state index in [-0.39, 0.29) is 18.6 Å². The summed E-state index contributed by atoms with van der Waals surface area (Å²) in [6, 6.07) is 7.42. The van der Waals surface area contributed by atoms with E-state index in [2.05, 4.69) is 4.79 Å². The van der Waals surface area contributed by atoms with Gasteiger partial charge in [0.25, 0.3) is 5.78 Å². The van der Waals surface area contributed by atoms with E-state index in [0.717, 1.165) is 12.0 Å². The number of carbonyl (C=O) groups is 3. The molecule has 0 radical (unpaired) electrons. The molecule has 0 aromatic heterocycles. The summed E-state index contributed by atoms with van der Waals surface area (Å²) in [6.07, 6.45) is 5.43. The standard InChI is InChI=1S/C21H25ClN2O4/c1-21(2,3)28-20(27)19(24-23)18(26)14-13-17(25)8-6-4-5-7-15-9-11-16(22)12-10-15/h5,7,9-12H,4,6,8,13-14H2,1-3H3/b7-5+. The molecule has 0 aliphatic heterocycles. The third-order valence-corrected chi connectivity index (χ3v) is 3.85. The summed E-state index contributed by atoms with van der Waals surface area (Å²) >= 11 is 5.82. The van der Waals surface area contributed by atoms with Crippen LogP contribution < -0.4 is 0 Å². The van der Waals surface area contributed by atoms with Crippen LogP contribution in [0.5, 0.6) is 0 Å². The van der Waals surface area contributed by atoms with Crippen molar-refractivity contribution in [2.45, 2.75) is 58.5 Å². The topological polar surface area (TPSA) is 96.8 Å². The molecule has 0 fully saturated rings. The highest BCUT2D eigenvalue weighted by Gasteiger charge is 2.33. The number of ketones is 2. The summed E-state index contributed by atoms with van der Waals surface area (Å²) in [5.74, 6) is -1.80. The minimum atomic E-state index is -1.00. The molecule has 1 aromatic carbocycles. The second-order valence-corrected chi connectivity index (χ2v) is 7.69. The molecule has 0 bridgehead atoms. The van der Waals surface area contributed by atoms with Gasteiger partial charge in [0.15, 0.2) is 0 Å². The van der Waals surface area contributed by atoms with E-state index < -0.39 is 23.1 Å². The first-order valence-corrected chi connectivity index (χ1v) is 9.42. The van der Waals surface area contributed by atoms with Crippen molar-refractivity contribution >= 4 is 40.9 Å². The largest absolute Gasteiger partial charge is 0.451 e. The summed E-state index contributed by atoms with van der Waals surface area (Å²) in [4.78, 5) is 38.5. The lowest BCUT2D eigenvalue weighted by molar-refractivity contribution is -0.152. The summed E-state index contributed by atoms with van der Waals surface area (Å²) in [5.41, 5.74) is 8.43. The predicted molar refractivity (Wildman–Crippen MR) is 108 cm³/mol. The molecule has 1 rings (SSSR count). The quantitative estimate of drug-likeness (QED) is 0.144. The Morgan fingerprint density at radius 2 is 1.75 bits per heavy atom. The van der Waals surface area contributed by atoms with E-state index in [1.165, 1.54) is 0 Å². The second kappa shape index (κ2) is 11.3. The number of rotatable bonds is 10. The number of ether oxygens (including phenoxy) is 1. The molecule has 150 valence electrons. The number of Topliss-reactive ketones (excluding diaryl/α,β-unsaturated/α-hetero) is 2. The molecule has 0 spiro atoms. The molecule has 0 aliphatic carbocycles. The van der Waals surface area contributed by atoms with Crippen molar-refractivity contribution in [2.24, 2.45) is 0 Å². The van der Waals surface area contributed by atoms with Crippen LogP contribution in [0.3, 0.4) is 0 Å². The number of nitrogens with zero attached hydrogens (tertiary/aromatic N) is 2. The third kappa shape index (κ3) is 9.40. The molecule has 7 heteroatoms. The summed E-state index contributed by atoms with van der Waals surface area (Å²) in [5, 5.41) is 0.679. The van der Waals surface area contributed by atoms with Gasteiger partial charge in [-0.25, -0.2) is 4.79 Å². The van der Waals surface area contributed by atoms with Crippen molar-refractivity contribution in [1.29, 1.82) is 0 Å². The van der Waals surface area contributed by atoms with Gasteiger partial charge in [-0.3, -0.25) is 9.59 Å². The molecule has 0 aliphatic rings. The zero-order valence-corrected chi connectivity index (χ0v) is 17.2. The highest BCUT2D eigenvalue weighted by molar-refractivity contribution is 6.62. The van der Waals surface area contributed by atoms with E-state index in [1.54, 1.807) is 20.8 Å². The van der Waals surface area contributed by atoms with E-state index in [1.807, 2.05) is 36.4 Å². The van der Waals surface area contributed by atoms with Crippen LogP contribution >= 0.6 is 11.6 Å². The fraction of sp³-hybridized carbons (Fsp3) is 0.429. The van der Waals surface area contributed by atoms with Gasteiger partial charge in [-0.1, -0.05) is 35.9 Å². The zero-order valence-electron chi connectivity index (χ0n) is 16.4. The van der Waals surface area contributed by atoms with Gasteiger partial charge in [0.05, 0.1) is 0 Å². The van der Waals surface area contributed by atoms with Gasteiger partial charge in [-0.05, 0) is 51.3 Å². The Morgan fingerprint density at radius 1 is 1.11 bits per heavy atom. The summed E-state index contributed by atoms with van der Waals surface area (Å²) in [7, 11) is 0. The maximum absolute atomic E-state index is 12.0. The van der Waals surface area contributed by atoms with Crippen molar-refractivity contribution in [3.8, 4) is 0 Å². The van der Waals surface area contributed by atoms with Crippen LogP contribution in [-0.2, 0) is 19.1 Å². The van der Waals surface area contributed by atoms with Gasteiger partial charge in [0, 0.05) is 24.3 Å². The number of unbranched alkanes of at least 4 members (excludes halogenated alkanes) is 1. The van der Waals surface area contributed by atoms with Crippen LogP contribution in [0.25, 0.3) is 11.6 Å². The normalized spacial score (nSPS) is 11.1. The van der Waals surface area contributed by atoms with Crippen molar-refractivity contribution in [3.63, 3.8) is 0 Å². The predicted octanol–water partition coefficient (Wildman–Crippen LogP) is 4.45. The Kier molecular flexibility index (Phi) is 9.49. The minimum absolute atomic E-state index is 0.0124. The van der Waals surface area contributed by atoms with E-state index in [9.17, 15) is 14.4 Å². The van der Waals surface area contributed by atoms with Gasteiger partial charge in [0.2, 0.25) is 0 Å². The van der Waals surface area contributed by atoms with Gasteiger partial charge in [0.1, 0.15) is 11.4 Å². The Hall–Kier alpha value is -2.56. The summed E-state index contributed by atoms with van der Waals surface area (Å²) < 4.78 is 5.00. The SMILES string of the molecule is CC(C)(C)OC(=O)C(=[N+]=[N-])C(=O)CCC(=O)CCC/C=C/c1ccc(Cl)cc1. The monoisotopic (exact) mass is 404 g/mol. The Balaban J connectivity index is 2.35. The molecule has 0 heterocycles. The van der Waals surface area contributed by atoms with Crippen molar-refractivity contribution in [2.75, 3.05) is 0 Å². The van der Waals surface area contributed by atoms with Crippen LogP contribution in [0.2, 0.25) is 5.02 Å². The van der Waals surface area contributed by atoms with Crippen molar-refractivity contribution < 1.29 is 23.9 Å². The first kappa shape index (κ1) is 23.5. The van der Waals surface area contributed by atoms with Crippen molar-refractivity contribution in [3.05, 3.63) is 46.5 Å². The number of benzene rings is 1. The van der Waals surface area contributed by atoms with Crippen LogP contribution in [0, 0.1) is 0 Å². The first-order chi connectivity index (χ1) is 13.1. The molecule has 0 unspecified atom stereocenters. The third-order valence-electron chi connectivity index (χ3n) is 3.59. The lowest BCUT2D eigenvalue weighted by Gasteiger charge is -2.17. The van der Waals surface area contributed by atoms with E-state index in [0.29, 0.717) is 17.9 Å². The number of halogens is 1. The van der Waals surface area contributed by atoms with Gasteiger partial charge >= 0.3 is 11.7 Å². The van der Waals surface area contributed by atoms with Gasteiger partial charge in [-0.2, -0.15) is 4.79 Å². The van der Waals surface area contributed by atoms with Gasteiger partial charge < -0.3 is 10.3 Å². The molecule has 0 amide bonds. The summed E-state index contributed by atoms with van der Waals surface area (Å²) in [6.45, 7) is 4.90. The molecule has 0 atom stereocenters. The maximum atomic E-state index is 12.0. The molecular formula is C21H25ClN2O4. The number of esters is 1. The lowest BCUT2D eigenvalue weighted by Crippen LogP contribution is -2.34. The minimum Gasteiger partial charge on any atom is -0.451 e. The zero-order chi connectivity index (χ0) is 21.2. The fourth-order valence-electron chi connectivity index (χ4n) is 2.24. The lowest BCUT2D eigenvalue weighted by atomic mass is 10.0. The number of hydrogen-bond acceptors (Lipinski definition) is 4. The van der Waals surface area contributed by atoms with Crippen LogP contribution in [0.15, 0.2) is 30.3 Å². The van der Waals surface area contributed by atoms with E-state index >= 15 is 0 Å². The van der Waals surface area contributed by atoms with Crippen LogP contribution in [0.4, 0.5) is 0 Å². The number of hydrogen-bond donors (Lipinski definition) is 0. The average molecular weight is 405 g/mol. The molecule has 0 saturated carbocycles. The molecule has 6 nitrogen and oxygen atoms in total.